The first-order chi connectivity index (χ1) is 15.7. The lowest BCUT2D eigenvalue weighted by molar-refractivity contribution is -0.127. The first-order valence-electron chi connectivity index (χ1n) is 10.5. The van der Waals surface area contributed by atoms with Crippen molar-refractivity contribution in [1.29, 1.82) is 0 Å². The van der Waals surface area contributed by atoms with Gasteiger partial charge in [-0.1, -0.05) is 0 Å². The summed E-state index contributed by atoms with van der Waals surface area (Å²) in [6, 6.07) is 4.39. The molecule has 32 heavy (non-hydrogen) atoms. The van der Waals surface area contributed by atoms with Crippen molar-refractivity contribution in [3.63, 3.8) is 0 Å². The number of aryl methyl sites for hydroxylation is 1. The Morgan fingerprint density at radius 2 is 2.16 bits per heavy atom. The fraction of sp³-hybridized carbons (Fsp3) is 0.350. The number of amides is 1. The Kier molecular flexibility index (Phi) is 4.37. The second-order valence-corrected chi connectivity index (χ2v) is 7.70. The maximum absolute atomic E-state index is 13.1. The minimum atomic E-state index is -2.55. The number of anilines is 1. The van der Waals surface area contributed by atoms with E-state index in [0.717, 1.165) is 0 Å². The largest absolute Gasteiger partial charge is 0.382 e. The number of rotatable bonds is 4. The molecule has 0 aromatic carbocycles. The van der Waals surface area contributed by atoms with Crippen LogP contribution in [0.2, 0.25) is 0 Å². The van der Waals surface area contributed by atoms with E-state index in [4.69, 9.17) is 7.10 Å². The molecule has 0 aliphatic carbocycles. The number of likely N-dealkylation sites (N-methyl/N-ethyl adjacent to an activating group) is 1. The number of hydrogen-bond donors (Lipinski definition) is 2. The third-order valence-electron chi connectivity index (χ3n) is 5.55. The Morgan fingerprint density at radius 1 is 1.34 bits per heavy atom. The average Bonchev–Trinajstić information content (AvgIpc) is 3.37. The molecule has 166 valence electrons. The molecule has 1 fully saturated rings. The average molecular weight is 442 g/mol. The summed E-state index contributed by atoms with van der Waals surface area (Å²) in [5, 5.41) is 2.92. The number of carbonyl (C=O) groups is 1. The number of imidazole rings is 1. The smallest absolute Gasteiger partial charge is 0.256 e. The molecule has 1 amide bonds. The first-order valence-corrected chi connectivity index (χ1v) is 10.0. The Balaban J connectivity index is 1.64. The van der Waals surface area contributed by atoms with Gasteiger partial charge in [0.15, 0.2) is 11.5 Å². The zero-order chi connectivity index (χ0) is 23.4. The number of aromatic amines is 1. The van der Waals surface area contributed by atoms with Crippen molar-refractivity contribution in [3.8, 4) is 11.3 Å². The lowest BCUT2D eigenvalue weighted by atomic mass is 10.2. The molecule has 4 aromatic rings. The van der Waals surface area contributed by atoms with E-state index in [2.05, 4.69) is 25.0 Å². The molecule has 3 N–H and O–H groups in total. The van der Waals surface area contributed by atoms with Gasteiger partial charge in [0.25, 0.3) is 6.43 Å². The number of pyridine rings is 1. The Morgan fingerprint density at radius 3 is 2.88 bits per heavy atom. The summed E-state index contributed by atoms with van der Waals surface area (Å²) in [5.74, 6) is 0.432. The topological polar surface area (TPSA) is 122 Å². The van der Waals surface area contributed by atoms with Crippen LogP contribution in [0.15, 0.2) is 29.4 Å². The van der Waals surface area contributed by atoms with Crippen LogP contribution in [-0.2, 0) is 11.3 Å². The van der Waals surface area contributed by atoms with Gasteiger partial charge < -0.3 is 15.2 Å². The monoisotopic (exact) mass is 442 g/mol. The second kappa shape index (κ2) is 7.39. The molecular formula is C20H21F2N9O. The number of hydrogen-bond acceptors (Lipinski definition) is 6. The number of alkyl halides is 2. The standard InChI is InChI=1S/C20H21F2N9O/c1-10-24-13-4-3-12(25-18(13)30(10)9-15(21)22)11-5-8-31-16(11)17(23)27-20(28-31)26-14-6-7-29(2)19(14)32/h3-5,8,14-15H,6-7,9H2,1-2H3,(H3,23,26,27,28)/t14-/m0/s1/i8D. The molecule has 0 radical (unpaired) electrons. The lowest BCUT2D eigenvalue weighted by Gasteiger charge is -2.07. The zero-order valence-electron chi connectivity index (χ0n) is 18.4. The summed E-state index contributed by atoms with van der Waals surface area (Å²) in [4.78, 5) is 31.3. The number of fused-ring (bicyclic) bond motifs is 2. The first kappa shape index (κ1) is 18.9. The lowest BCUT2D eigenvalue weighted by Crippen LogP contribution is -2.28. The molecule has 1 aliphatic heterocycles. The van der Waals surface area contributed by atoms with E-state index in [-0.39, 0.29) is 23.5 Å². The van der Waals surface area contributed by atoms with Crippen molar-refractivity contribution < 1.29 is 14.9 Å². The molecule has 0 spiro atoms. The van der Waals surface area contributed by atoms with Crippen LogP contribution in [0.5, 0.6) is 0 Å². The Bertz CT molecular complexity index is 1470. The fourth-order valence-corrected chi connectivity index (χ4v) is 3.96. The van der Waals surface area contributed by atoms with E-state index < -0.39 is 19.0 Å². The molecule has 10 nitrogen and oxygen atoms in total. The van der Waals surface area contributed by atoms with Crippen LogP contribution >= 0.6 is 0 Å². The molecule has 1 saturated heterocycles. The highest BCUT2D eigenvalue weighted by molar-refractivity contribution is 5.88. The number of likely N-dealkylation sites (tertiary alicyclic amines) is 1. The number of carbonyl (C=O) groups excluding carboxylic acids is 1. The minimum absolute atomic E-state index is 0.0691. The number of H-pyrrole nitrogens is 1. The summed E-state index contributed by atoms with van der Waals surface area (Å²) < 4.78 is 37.3. The van der Waals surface area contributed by atoms with Gasteiger partial charge in [0, 0.05) is 25.3 Å². The summed E-state index contributed by atoms with van der Waals surface area (Å²) in [6.07, 6.45) is -1.91. The van der Waals surface area contributed by atoms with Gasteiger partial charge in [0.2, 0.25) is 11.5 Å². The molecule has 0 bridgehead atoms. The molecule has 4 aromatic heterocycles. The van der Waals surface area contributed by atoms with Gasteiger partial charge >= 0.3 is 0 Å². The predicted octanol–water partition coefficient (Wildman–Crippen LogP) is 1.36. The fourth-order valence-electron chi connectivity index (χ4n) is 3.96. The van der Waals surface area contributed by atoms with Gasteiger partial charge in [-0.25, -0.2) is 23.7 Å². The third kappa shape index (κ3) is 3.27. The number of aromatic nitrogens is 6. The molecule has 12 heteroatoms. The van der Waals surface area contributed by atoms with Crippen molar-refractivity contribution in [3.05, 3.63) is 35.8 Å². The van der Waals surface area contributed by atoms with Crippen LogP contribution in [0, 0.1) is 6.92 Å². The predicted molar refractivity (Wildman–Crippen MR) is 113 cm³/mol. The maximum atomic E-state index is 13.1. The van der Waals surface area contributed by atoms with Gasteiger partial charge in [-0.05, 0) is 31.5 Å². The van der Waals surface area contributed by atoms with Crippen molar-refractivity contribution >= 4 is 28.4 Å². The molecule has 5 rings (SSSR count). The van der Waals surface area contributed by atoms with Crippen LogP contribution < -0.4 is 11.4 Å². The second-order valence-electron chi connectivity index (χ2n) is 7.70. The number of halogens is 2. The van der Waals surface area contributed by atoms with Crippen LogP contribution in [-0.4, -0.2) is 66.0 Å². The SMILES string of the molecule is [2H]c1cc(-c2ccc3nc(C)n(CC(F)F)c3n2)c2c(N)nc(=N[C@H]3CCN(C)C3=O)[nH]n12. The van der Waals surface area contributed by atoms with Crippen LogP contribution in [0.4, 0.5) is 14.6 Å². The van der Waals surface area contributed by atoms with E-state index in [1.807, 2.05) is 0 Å². The van der Waals surface area contributed by atoms with Gasteiger partial charge in [-0.3, -0.25) is 14.4 Å². The van der Waals surface area contributed by atoms with Crippen LogP contribution in [0.1, 0.15) is 13.6 Å². The van der Waals surface area contributed by atoms with E-state index in [1.165, 1.54) is 9.08 Å². The van der Waals surface area contributed by atoms with Gasteiger partial charge in [-0.2, -0.15) is 4.98 Å². The molecule has 0 saturated carbocycles. The Hall–Kier alpha value is -3.83. The highest BCUT2D eigenvalue weighted by atomic mass is 19.3. The van der Waals surface area contributed by atoms with Crippen molar-refractivity contribution in [1.82, 2.24) is 34.0 Å². The summed E-state index contributed by atoms with van der Waals surface area (Å²) >= 11 is 0. The summed E-state index contributed by atoms with van der Waals surface area (Å²) in [7, 11) is 1.71. The number of nitrogens with one attached hydrogen (secondary N) is 1. The number of nitrogens with two attached hydrogens (primary N) is 1. The van der Waals surface area contributed by atoms with Crippen LogP contribution in [0.25, 0.3) is 27.9 Å². The third-order valence-corrected chi connectivity index (χ3v) is 5.55. The van der Waals surface area contributed by atoms with E-state index in [9.17, 15) is 13.6 Å². The molecule has 1 atom stereocenters. The van der Waals surface area contributed by atoms with Gasteiger partial charge in [0.1, 0.15) is 22.9 Å². The van der Waals surface area contributed by atoms with Gasteiger partial charge in [-0.15, -0.1) is 0 Å². The summed E-state index contributed by atoms with van der Waals surface area (Å²) in [6.45, 7) is 1.74. The number of nitrogen functional groups attached to an aromatic ring is 1. The zero-order valence-corrected chi connectivity index (χ0v) is 17.4. The molecular weight excluding hydrogens is 420 g/mol. The van der Waals surface area contributed by atoms with E-state index in [0.29, 0.717) is 46.7 Å². The minimum Gasteiger partial charge on any atom is -0.382 e. The summed E-state index contributed by atoms with van der Waals surface area (Å²) in [5.41, 5.74) is 8.52. The highest BCUT2D eigenvalue weighted by Gasteiger charge is 2.28. The van der Waals surface area contributed by atoms with Gasteiger partial charge in [0.05, 0.1) is 13.6 Å². The molecule has 1 aliphatic rings. The maximum Gasteiger partial charge on any atom is 0.256 e. The number of nitrogens with zero attached hydrogens (tertiary/aromatic N) is 7. The van der Waals surface area contributed by atoms with Crippen LogP contribution in [0.3, 0.4) is 0 Å². The Labute approximate surface area is 181 Å². The highest BCUT2D eigenvalue weighted by Crippen LogP contribution is 2.28. The van der Waals surface area contributed by atoms with Crippen molar-refractivity contribution in [2.24, 2.45) is 4.99 Å². The van der Waals surface area contributed by atoms with Crippen molar-refractivity contribution in [2.45, 2.75) is 32.4 Å². The molecule has 0 unspecified atom stereocenters. The normalized spacial score (nSPS) is 18.0. The quantitative estimate of drug-likeness (QED) is 0.494. The molecule has 5 heterocycles. The van der Waals surface area contributed by atoms with E-state index in [1.54, 1.807) is 37.1 Å². The van der Waals surface area contributed by atoms with Crippen molar-refractivity contribution in [2.75, 3.05) is 19.3 Å². The van der Waals surface area contributed by atoms with E-state index >= 15 is 0 Å².